The van der Waals surface area contributed by atoms with Crippen LogP contribution in [0.15, 0.2) is 0 Å². The fourth-order valence-corrected chi connectivity index (χ4v) is 4.74. The van der Waals surface area contributed by atoms with Crippen LogP contribution in [0.2, 0.25) is 0 Å². The minimum absolute atomic E-state index is 0.0429. The number of amides is 1. The van der Waals surface area contributed by atoms with E-state index in [1.54, 1.807) is 4.90 Å². The zero-order valence-corrected chi connectivity index (χ0v) is 24.3. The minimum atomic E-state index is -0.834. The first-order chi connectivity index (χ1) is 17.7. The van der Waals surface area contributed by atoms with E-state index in [1.807, 2.05) is 0 Å². The molecule has 1 amide bonds. The average molecular weight is 514 g/mol. The number of carbonyl (C=O) groups is 1. The van der Waals surface area contributed by atoms with Crippen molar-refractivity contribution in [2.24, 2.45) is 0 Å². The summed E-state index contributed by atoms with van der Waals surface area (Å²) in [5.41, 5.74) is 0. The van der Waals surface area contributed by atoms with Crippen LogP contribution < -0.4 is 0 Å². The molecule has 0 aromatic carbocycles. The highest BCUT2D eigenvalue weighted by molar-refractivity contribution is 5.76. The van der Waals surface area contributed by atoms with Crippen LogP contribution in [0, 0.1) is 0 Å². The molecule has 2 N–H and O–H groups in total. The van der Waals surface area contributed by atoms with Gasteiger partial charge in [-0.1, -0.05) is 136 Å². The average Bonchev–Trinajstić information content (AvgIpc) is 2.88. The Morgan fingerprint density at radius 2 is 1.06 bits per heavy atom. The number of ether oxygens (including phenoxy) is 1. The number of nitrogens with zero attached hydrogens (tertiary/aromatic N) is 1. The molecule has 0 aromatic rings. The summed E-state index contributed by atoms with van der Waals surface area (Å²) >= 11 is 0. The van der Waals surface area contributed by atoms with Gasteiger partial charge in [0.05, 0.1) is 6.61 Å². The van der Waals surface area contributed by atoms with Crippen LogP contribution in [0.1, 0.15) is 162 Å². The van der Waals surface area contributed by atoms with Crippen LogP contribution in [0.5, 0.6) is 0 Å². The summed E-state index contributed by atoms with van der Waals surface area (Å²) in [7, 11) is 0. The molecule has 216 valence electrons. The van der Waals surface area contributed by atoms with Crippen molar-refractivity contribution in [2.45, 2.75) is 168 Å². The summed E-state index contributed by atoms with van der Waals surface area (Å²) in [6.45, 7) is 5.80. The molecule has 5 heteroatoms. The Morgan fingerprint density at radius 3 is 1.50 bits per heavy atom. The minimum Gasteiger partial charge on any atom is -0.395 e. The quantitative estimate of drug-likeness (QED) is 0.0782. The highest BCUT2D eigenvalue weighted by Crippen LogP contribution is 2.13. The van der Waals surface area contributed by atoms with E-state index in [9.17, 15) is 15.0 Å². The third-order valence-corrected chi connectivity index (χ3v) is 7.17. The van der Waals surface area contributed by atoms with Crippen LogP contribution >= 0.6 is 0 Å². The maximum Gasteiger partial charge on any atom is 0.222 e. The number of hydrogen-bond acceptors (Lipinski definition) is 4. The highest BCUT2D eigenvalue weighted by Gasteiger charge is 2.15. The van der Waals surface area contributed by atoms with E-state index in [4.69, 9.17) is 4.74 Å². The monoisotopic (exact) mass is 513 g/mol. The number of aliphatic hydroxyl groups is 2. The molecule has 0 aliphatic heterocycles. The smallest absolute Gasteiger partial charge is 0.222 e. The van der Waals surface area contributed by atoms with Crippen LogP contribution in [-0.4, -0.2) is 53.6 Å². The van der Waals surface area contributed by atoms with E-state index in [2.05, 4.69) is 13.8 Å². The van der Waals surface area contributed by atoms with E-state index in [0.29, 0.717) is 32.5 Å². The largest absolute Gasteiger partial charge is 0.395 e. The van der Waals surface area contributed by atoms with Gasteiger partial charge in [-0.15, -0.1) is 0 Å². The first-order valence-corrected chi connectivity index (χ1v) is 15.8. The van der Waals surface area contributed by atoms with Gasteiger partial charge in [0.1, 0.15) is 0 Å². The van der Waals surface area contributed by atoms with E-state index >= 15 is 0 Å². The van der Waals surface area contributed by atoms with Crippen molar-refractivity contribution in [1.29, 1.82) is 0 Å². The van der Waals surface area contributed by atoms with E-state index in [0.717, 1.165) is 25.7 Å². The molecule has 5 nitrogen and oxygen atoms in total. The van der Waals surface area contributed by atoms with E-state index in [-0.39, 0.29) is 12.5 Å². The Hall–Kier alpha value is -0.650. The first kappa shape index (κ1) is 35.4. The Labute approximate surface area is 224 Å². The summed E-state index contributed by atoms with van der Waals surface area (Å²) in [5.74, 6) is 0.0804. The summed E-state index contributed by atoms with van der Waals surface area (Å²) < 4.78 is 5.56. The maximum absolute atomic E-state index is 12.5. The lowest BCUT2D eigenvalue weighted by atomic mass is 10.0. The van der Waals surface area contributed by atoms with Crippen molar-refractivity contribution in [1.82, 2.24) is 4.90 Å². The number of rotatable bonds is 29. The molecule has 0 radical (unpaired) electrons. The molecule has 0 fully saturated rings. The molecule has 0 saturated carbocycles. The van der Waals surface area contributed by atoms with Gasteiger partial charge in [-0.3, -0.25) is 4.79 Å². The van der Waals surface area contributed by atoms with Crippen LogP contribution in [-0.2, 0) is 9.53 Å². The number of aliphatic hydroxyl groups excluding tert-OH is 2. The third kappa shape index (κ3) is 25.0. The second kappa shape index (κ2) is 28.9. The Balaban J connectivity index is 3.61. The summed E-state index contributed by atoms with van der Waals surface area (Å²) in [6.07, 6.45) is 27.0. The maximum atomic E-state index is 12.5. The van der Waals surface area contributed by atoms with Gasteiger partial charge in [0.25, 0.3) is 0 Å². The van der Waals surface area contributed by atoms with Crippen LogP contribution in [0.25, 0.3) is 0 Å². The zero-order chi connectivity index (χ0) is 26.5. The standard InChI is InChI=1S/C31H63NO4/c1-3-5-7-9-11-12-13-14-15-16-17-19-21-23-29-36-31(35)25-26-32(27-28-33)30(34)24-22-20-18-10-8-6-4-2/h31,33,35H,3-29H2,1-2H3. The second-order valence-corrected chi connectivity index (χ2v) is 10.7. The first-order valence-electron chi connectivity index (χ1n) is 15.8. The molecule has 0 rings (SSSR count). The molecular formula is C31H63NO4. The van der Waals surface area contributed by atoms with Crippen molar-refractivity contribution >= 4 is 5.91 Å². The fourth-order valence-electron chi connectivity index (χ4n) is 4.74. The summed E-state index contributed by atoms with van der Waals surface area (Å²) in [6, 6.07) is 0. The molecular weight excluding hydrogens is 450 g/mol. The van der Waals surface area contributed by atoms with E-state index in [1.165, 1.54) is 109 Å². The molecule has 1 unspecified atom stereocenters. The van der Waals surface area contributed by atoms with Crippen molar-refractivity contribution < 1.29 is 19.7 Å². The predicted octanol–water partition coefficient (Wildman–Crippen LogP) is 8.15. The van der Waals surface area contributed by atoms with E-state index < -0.39 is 6.29 Å². The topological polar surface area (TPSA) is 70.0 Å². The molecule has 0 bridgehead atoms. The van der Waals surface area contributed by atoms with Crippen molar-refractivity contribution in [2.75, 3.05) is 26.3 Å². The Bertz CT molecular complexity index is 446. The van der Waals surface area contributed by atoms with Gasteiger partial charge in [0, 0.05) is 32.5 Å². The van der Waals surface area contributed by atoms with Gasteiger partial charge in [0.15, 0.2) is 6.29 Å². The van der Waals surface area contributed by atoms with Crippen LogP contribution in [0.4, 0.5) is 0 Å². The number of unbranched alkanes of at least 4 members (excludes halogenated alkanes) is 19. The fraction of sp³-hybridized carbons (Fsp3) is 0.968. The van der Waals surface area contributed by atoms with Crippen molar-refractivity contribution in [3.8, 4) is 0 Å². The van der Waals surface area contributed by atoms with Crippen molar-refractivity contribution in [3.05, 3.63) is 0 Å². The van der Waals surface area contributed by atoms with Gasteiger partial charge in [-0.25, -0.2) is 0 Å². The summed E-state index contributed by atoms with van der Waals surface area (Å²) in [4.78, 5) is 14.2. The Kier molecular flexibility index (Phi) is 28.4. The van der Waals surface area contributed by atoms with Gasteiger partial charge < -0.3 is 19.8 Å². The molecule has 0 aliphatic rings. The highest BCUT2D eigenvalue weighted by atomic mass is 16.6. The SMILES string of the molecule is CCCCCCCCCCCCCCCCOC(O)CCN(CCO)C(=O)CCCCCCCCC. The molecule has 0 aromatic heterocycles. The second-order valence-electron chi connectivity index (χ2n) is 10.7. The normalized spacial score (nSPS) is 12.2. The zero-order valence-electron chi connectivity index (χ0n) is 24.3. The van der Waals surface area contributed by atoms with Gasteiger partial charge >= 0.3 is 0 Å². The molecule has 1 atom stereocenters. The number of hydrogen-bond donors (Lipinski definition) is 2. The molecule has 0 saturated heterocycles. The Morgan fingerprint density at radius 1 is 0.639 bits per heavy atom. The molecule has 0 aliphatic carbocycles. The lowest BCUT2D eigenvalue weighted by Gasteiger charge is -2.23. The van der Waals surface area contributed by atoms with Gasteiger partial charge in [-0.2, -0.15) is 0 Å². The lowest BCUT2D eigenvalue weighted by Crippen LogP contribution is -2.36. The van der Waals surface area contributed by atoms with Crippen molar-refractivity contribution in [3.63, 3.8) is 0 Å². The molecule has 0 spiro atoms. The van der Waals surface area contributed by atoms with Crippen LogP contribution in [0.3, 0.4) is 0 Å². The predicted molar refractivity (Wildman–Crippen MR) is 153 cm³/mol. The lowest BCUT2D eigenvalue weighted by molar-refractivity contribution is -0.135. The summed E-state index contributed by atoms with van der Waals surface area (Å²) in [5, 5.41) is 19.5. The molecule has 36 heavy (non-hydrogen) atoms. The third-order valence-electron chi connectivity index (χ3n) is 7.17. The molecule has 0 heterocycles. The van der Waals surface area contributed by atoms with Gasteiger partial charge in [-0.05, 0) is 12.8 Å². The number of carbonyl (C=O) groups excluding carboxylic acids is 1. The van der Waals surface area contributed by atoms with Gasteiger partial charge in [0.2, 0.25) is 5.91 Å².